The Labute approximate surface area is 105 Å². The largest absolute Gasteiger partial charge is 0.480 e. The van der Waals surface area contributed by atoms with E-state index in [1.807, 2.05) is 6.92 Å². The molecule has 1 amide bonds. The van der Waals surface area contributed by atoms with E-state index in [1.165, 1.54) is 10.9 Å². The van der Waals surface area contributed by atoms with Gasteiger partial charge in [0.1, 0.15) is 12.1 Å². The van der Waals surface area contributed by atoms with Crippen molar-refractivity contribution in [3.63, 3.8) is 0 Å². The van der Waals surface area contributed by atoms with Crippen LogP contribution in [0.5, 0.6) is 0 Å². The van der Waals surface area contributed by atoms with Gasteiger partial charge in [-0.3, -0.25) is 9.48 Å². The number of hydrogen-bond acceptors (Lipinski definition) is 4. The predicted molar refractivity (Wildman–Crippen MR) is 64.6 cm³/mol. The summed E-state index contributed by atoms with van der Waals surface area (Å²) in [7, 11) is 1.71. The molecule has 1 aromatic heterocycles. The number of aliphatic carboxylic acids is 1. The summed E-state index contributed by atoms with van der Waals surface area (Å²) in [4.78, 5) is 22.7. The summed E-state index contributed by atoms with van der Waals surface area (Å²) in [5.41, 5.74) is 6.29. The van der Waals surface area contributed by atoms with Crippen molar-refractivity contribution in [2.45, 2.75) is 31.8 Å². The van der Waals surface area contributed by atoms with E-state index in [9.17, 15) is 9.59 Å². The maximum Gasteiger partial charge on any atom is 0.326 e. The number of amides is 1. The van der Waals surface area contributed by atoms with Crippen LogP contribution in [0.1, 0.15) is 31.4 Å². The second-order valence-corrected chi connectivity index (χ2v) is 4.11. The molecule has 7 heteroatoms. The van der Waals surface area contributed by atoms with E-state index < -0.39 is 24.0 Å². The van der Waals surface area contributed by atoms with Crippen LogP contribution in [0.25, 0.3) is 0 Å². The molecule has 100 valence electrons. The van der Waals surface area contributed by atoms with Crippen LogP contribution >= 0.6 is 0 Å². The van der Waals surface area contributed by atoms with Crippen molar-refractivity contribution >= 4 is 11.9 Å². The maximum atomic E-state index is 11.8. The van der Waals surface area contributed by atoms with Gasteiger partial charge in [-0.1, -0.05) is 13.3 Å². The monoisotopic (exact) mass is 254 g/mol. The number of aryl methyl sites for hydroxylation is 1. The minimum Gasteiger partial charge on any atom is -0.480 e. The molecule has 0 aliphatic heterocycles. The molecule has 0 bridgehead atoms. The lowest BCUT2D eigenvalue weighted by atomic mass is 10.1. The Hall–Kier alpha value is -1.89. The van der Waals surface area contributed by atoms with Gasteiger partial charge in [-0.2, -0.15) is 5.10 Å². The number of carboxylic acid groups (broad SMARTS) is 1. The van der Waals surface area contributed by atoms with Crippen molar-refractivity contribution in [1.82, 2.24) is 15.1 Å². The van der Waals surface area contributed by atoms with E-state index in [-0.39, 0.29) is 0 Å². The molecule has 0 radical (unpaired) electrons. The second-order valence-electron chi connectivity index (χ2n) is 4.11. The highest BCUT2D eigenvalue weighted by Gasteiger charge is 2.23. The number of aromatic nitrogens is 2. The van der Waals surface area contributed by atoms with Crippen LogP contribution < -0.4 is 11.1 Å². The van der Waals surface area contributed by atoms with E-state index in [0.29, 0.717) is 18.4 Å². The van der Waals surface area contributed by atoms with E-state index in [2.05, 4.69) is 10.4 Å². The van der Waals surface area contributed by atoms with Crippen molar-refractivity contribution in [2.75, 3.05) is 0 Å². The number of nitrogens with two attached hydrogens (primary N) is 1. The Morgan fingerprint density at radius 1 is 1.61 bits per heavy atom. The lowest BCUT2D eigenvalue weighted by molar-refractivity contribution is -0.142. The molecule has 0 spiro atoms. The molecule has 1 heterocycles. The van der Waals surface area contributed by atoms with Gasteiger partial charge in [0.05, 0.1) is 6.20 Å². The van der Waals surface area contributed by atoms with E-state index in [0.717, 1.165) is 0 Å². The van der Waals surface area contributed by atoms with Crippen molar-refractivity contribution in [1.29, 1.82) is 0 Å². The zero-order valence-corrected chi connectivity index (χ0v) is 10.5. The number of nitrogens with zero attached hydrogens (tertiary/aromatic N) is 2. The smallest absolute Gasteiger partial charge is 0.326 e. The highest BCUT2D eigenvalue weighted by Crippen LogP contribution is 2.09. The van der Waals surface area contributed by atoms with Crippen molar-refractivity contribution in [3.05, 3.63) is 18.0 Å². The minimum absolute atomic E-state index is 0.376. The molecule has 1 aromatic rings. The minimum atomic E-state index is -1.05. The van der Waals surface area contributed by atoms with Gasteiger partial charge < -0.3 is 16.2 Å². The summed E-state index contributed by atoms with van der Waals surface area (Å²) < 4.78 is 1.53. The second kappa shape index (κ2) is 6.15. The normalized spacial score (nSPS) is 13.9. The Balaban J connectivity index is 2.66. The molecule has 0 fully saturated rings. The van der Waals surface area contributed by atoms with Crippen LogP contribution in [0.15, 0.2) is 12.4 Å². The van der Waals surface area contributed by atoms with Gasteiger partial charge in [-0.25, -0.2) is 4.79 Å². The zero-order chi connectivity index (χ0) is 13.7. The molecule has 2 atom stereocenters. The molecular formula is C11H18N4O3. The quantitative estimate of drug-likeness (QED) is 0.650. The Morgan fingerprint density at radius 3 is 2.72 bits per heavy atom. The number of carbonyl (C=O) groups is 2. The molecule has 7 nitrogen and oxygen atoms in total. The van der Waals surface area contributed by atoms with Crippen LogP contribution in [-0.2, 0) is 16.6 Å². The number of hydrogen-bond donors (Lipinski definition) is 3. The van der Waals surface area contributed by atoms with Crippen LogP contribution in [0.4, 0.5) is 0 Å². The number of carboxylic acids is 1. The topological polar surface area (TPSA) is 110 Å². The SMILES string of the molecule is CCC[C@@H](NC(=O)C(N)c1cnn(C)c1)C(=O)O. The summed E-state index contributed by atoms with van der Waals surface area (Å²) >= 11 is 0. The molecule has 4 N–H and O–H groups in total. The van der Waals surface area contributed by atoms with Gasteiger partial charge in [0, 0.05) is 18.8 Å². The maximum absolute atomic E-state index is 11.8. The number of carbonyl (C=O) groups excluding carboxylic acids is 1. The number of nitrogens with one attached hydrogen (secondary N) is 1. The molecule has 0 saturated heterocycles. The van der Waals surface area contributed by atoms with Crippen molar-refractivity contribution in [3.8, 4) is 0 Å². The van der Waals surface area contributed by atoms with Crippen molar-refractivity contribution < 1.29 is 14.7 Å². The highest BCUT2D eigenvalue weighted by molar-refractivity contribution is 5.87. The molecule has 18 heavy (non-hydrogen) atoms. The predicted octanol–water partition coefficient (Wildman–Crippen LogP) is -0.211. The first-order valence-electron chi connectivity index (χ1n) is 5.73. The van der Waals surface area contributed by atoms with E-state index in [1.54, 1.807) is 13.2 Å². The third-order valence-electron chi connectivity index (χ3n) is 2.56. The van der Waals surface area contributed by atoms with Crippen molar-refractivity contribution in [2.24, 2.45) is 12.8 Å². The summed E-state index contributed by atoms with van der Waals surface area (Å²) in [6, 6.07) is -1.80. The molecule has 0 saturated carbocycles. The Bertz CT molecular complexity index is 430. The summed E-state index contributed by atoms with van der Waals surface area (Å²) in [5, 5.41) is 15.3. The highest BCUT2D eigenvalue weighted by atomic mass is 16.4. The van der Waals surface area contributed by atoms with Gasteiger partial charge in [0.25, 0.3) is 0 Å². The van der Waals surface area contributed by atoms with Gasteiger partial charge >= 0.3 is 5.97 Å². The fraction of sp³-hybridized carbons (Fsp3) is 0.545. The van der Waals surface area contributed by atoms with Crippen LogP contribution in [0, 0.1) is 0 Å². The van der Waals surface area contributed by atoms with Crippen LogP contribution in [-0.4, -0.2) is 32.8 Å². The molecular weight excluding hydrogens is 236 g/mol. The summed E-state index contributed by atoms with van der Waals surface area (Å²) in [6.45, 7) is 1.85. The standard InChI is InChI=1S/C11H18N4O3/c1-3-4-8(11(17)18)14-10(16)9(12)7-5-13-15(2)6-7/h5-6,8-9H,3-4,12H2,1-2H3,(H,14,16)(H,17,18)/t8-,9?/m1/s1. The Morgan fingerprint density at radius 2 is 2.28 bits per heavy atom. The molecule has 0 aliphatic rings. The zero-order valence-electron chi connectivity index (χ0n) is 10.5. The number of rotatable bonds is 6. The van der Waals surface area contributed by atoms with Crippen LogP contribution in [0.3, 0.4) is 0 Å². The van der Waals surface area contributed by atoms with Crippen LogP contribution in [0.2, 0.25) is 0 Å². The summed E-state index contributed by atoms with van der Waals surface area (Å²) in [5.74, 6) is -1.56. The summed E-state index contributed by atoms with van der Waals surface area (Å²) in [6.07, 6.45) is 4.15. The third-order valence-corrected chi connectivity index (χ3v) is 2.56. The molecule has 1 unspecified atom stereocenters. The van der Waals surface area contributed by atoms with E-state index >= 15 is 0 Å². The van der Waals surface area contributed by atoms with Gasteiger partial charge in [0.15, 0.2) is 0 Å². The lowest BCUT2D eigenvalue weighted by Gasteiger charge is -2.16. The fourth-order valence-electron chi connectivity index (χ4n) is 1.56. The molecule has 1 rings (SSSR count). The first-order valence-corrected chi connectivity index (χ1v) is 5.73. The first-order chi connectivity index (χ1) is 8.45. The van der Waals surface area contributed by atoms with Gasteiger partial charge in [-0.05, 0) is 6.42 Å². The molecule has 0 aromatic carbocycles. The first kappa shape index (κ1) is 14.2. The van der Waals surface area contributed by atoms with Gasteiger partial charge in [0.2, 0.25) is 5.91 Å². The van der Waals surface area contributed by atoms with E-state index in [4.69, 9.17) is 10.8 Å². The third kappa shape index (κ3) is 3.56. The molecule has 0 aliphatic carbocycles. The average molecular weight is 254 g/mol. The Kier molecular flexibility index (Phi) is 4.85. The fourth-order valence-corrected chi connectivity index (χ4v) is 1.56. The average Bonchev–Trinajstić information content (AvgIpc) is 2.74. The lowest BCUT2D eigenvalue weighted by Crippen LogP contribution is -2.44. The van der Waals surface area contributed by atoms with Gasteiger partial charge in [-0.15, -0.1) is 0 Å².